The third kappa shape index (κ3) is 3.48. The quantitative estimate of drug-likeness (QED) is 0.461. The van der Waals surface area contributed by atoms with Gasteiger partial charge in [-0.25, -0.2) is 8.78 Å². The van der Waals surface area contributed by atoms with E-state index in [4.69, 9.17) is 11.6 Å². The number of hydrogen-bond acceptors (Lipinski definition) is 3. The Morgan fingerprint density at radius 2 is 2.29 bits per heavy atom. The second-order valence-electron chi connectivity index (χ2n) is 3.15. The van der Waals surface area contributed by atoms with Gasteiger partial charge in [0.05, 0.1) is 13.5 Å². The summed E-state index contributed by atoms with van der Waals surface area (Å²) in [5, 5.41) is 0. The summed E-state index contributed by atoms with van der Waals surface area (Å²) in [7, 11) is 1.26. The van der Waals surface area contributed by atoms with E-state index in [0.717, 1.165) is 0 Å². The SMILES string of the molecule is COC(=O)Cc1cnc(C(F)F)c(I)c1CCl. The first-order valence-electron chi connectivity index (χ1n) is 4.58. The first-order chi connectivity index (χ1) is 8.01. The molecule has 0 saturated carbocycles. The normalized spacial score (nSPS) is 10.7. The number of ether oxygens (including phenoxy) is 1. The number of esters is 1. The van der Waals surface area contributed by atoms with Crippen LogP contribution < -0.4 is 0 Å². The zero-order valence-electron chi connectivity index (χ0n) is 8.84. The van der Waals surface area contributed by atoms with Crippen molar-refractivity contribution < 1.29 is 18.3 Å². The molecule has 0 saturated heterocycles. The fourth-order valence-electron chi connectivity index (χ4n) is 1.25. The Balaban J connectivity index is 3.16. The molecule has 1 rings (SSSR count). The monoisotopic (exact) mass is 375 g/mol. The maximum atomic E-state index is 12.6. The molecule has 0 N–H and O–H groups in total. The summed E-state index contributed by atoms with van der Waals surface area (Å²) in [6.07, 6.45) is -1.43. The van der Waals surface area contributed by atoms with E-state index < -0.39 is 12.4 Å². The number of methoxy groups -OCH3 is 1. The molecule has 0 fully saturated rings. The van der Waals surface area contributed by atoms with Gasteiger partial charge in [-0.15, -0.1) is 11.6 Å². The van der Waals surface area contributed by atoms with E-state index in [0.29, 0.717) is 14.7 Å². The summed E-state index contributed by atoms with van der Waals surface area (Å²) in [6.45, 7) is 0. The van der Waals surface area contributed by atoms with Crippen LogP contribution in [0.1, 0.15) is 23.2 Å². The lowest BCUT2D eigenvalue weighted by molar-refractivity contribution is -0.139. The van der Waals surface area contributed by atoms with Crippen molar-refractivity contribution >= 4 is 40.2 Å². The molecule has 94 valence electrons. The predicted molar refractivity (Wildman–Crippen MR) is 67.2 cm³/mol. The first kappa shape index (κ1) is 14.6. The third-order valence-electron chi connectivity index (χ3n) is 2.14. The van der Waals surface area contributed by atoms with Gasteiger partial charge in [-0.1, -0.05) is 0 Å². The Morgan fingerprint density at radius 3 is 2.76 bits per heavy atom. The molecule has 0 aromatic carbocycles. The lowest BCUT2D eigenvalue weighted by atomic mass is 10.1. The highest BCUT2D eigenvalue weighted by Crippen LogP contribution is 2.28. The number of carbonyl (C=O) groups excluding carboxylic acids is 1. The van der Waals surface area contributed by atoms with Crippen molar-refractivity contribution in [2.75, 3.05) is 7.11 Å². The summed E-state index contributed by atoms with van der Waals surface area (Å²) in [5.41, 5.74) is 0.707. The maximum absolute atomic E-state index is 12.6. The Labute approximate surface area is 116 Å². The van der Waals surface area contributed by atoms with Crippen LogP contribution in [0.4, 0.5) is 8.78 Å². The Kier molecular flexibility index (Phi) is 5.51. The summed E-state index contributed by atoms with van der Waals surface area (Å²) >= 11 is 7.47. The Morgan fingerprint density at radius 1 is 1.65 bits per heavy atom. The molecule has 0 aliphatic carbocycles. The molecular weight excluding hydrogens is 366 g/mol. The Hall–Kier alpha value is -0.500. The van der Waals surface area contributed by atoms with Gasteiger partial charge in [0.2, 0.25) is 0 Å². The van der Waals surface area contributed by atoms with E-state index in [1.165, 1.54) is 13.3 Å². The molecular formula is C10H9ClF2INO2. The summed E-state index contributed by atoms with van der Waals surface area (Å²) in [4.78, 5) is 14.8. The van der Waals surface area contributed by atoms with E-state index in [-0.39, 0.29) is 18.0 Å². The van der Waals surface area contributed by atoms with Gasteiger partial charge in [-0.05, 0) is 33.7 Å². The lowest BCUT2D eigenvalue weighted by Crippen LogP contribution is -2.10. The van der Waals surface area contributed by atoms with Crippen LogP contribution in [0.2, 0.25) is 0 Å². The molecule has 1 aromatic heterocycles. The average Bonchev–Trinajstić information content (AvgIpc) is 2.28. The molecule has 3 nitrogen and oxygen atoms in total. The van der Waals surface area contributed by atoms with Gasteiger partial charge in [0.1, 0.15) is 5.69 Å². The fourth-order valence-corrected chi connectivity index (χ4v) is 2.70. The third-order valence-corrected chi connectivity index (χ3v) is 3.61. The van der Waals surface area contributed by atoms with Crippen LogP contribution in [0.25, 0.3) is 0 Å². The van der Waals surface area contributed by atoms with E-state index in [1.807, 2.05) is 0 Å². The number of hydrogen-bond donors (Lipinski definition) is 0. The number of rotatable bonds is 4. The van der Waals surface area contributed by atoms with Gasteiger partial charge in [0, 0.05) is 15.6 Å². The molecule has 0 amide bonds. The molecule has 0 spiro atoms. The minimum absolute atomic E-state index is 0.0227. The highest BCUT2D eigenvalue weighted by atomic mass is 127. The zero-order chi connectivity index (χ0) is 13.0. The summed E-state index contributed by atoms with van der Waals surface area (Å²) in [6, 6.07) is 0. The topological polar surface area (TPSA) is 39.2 Å². The summed E-state index contributed by atoms with van der Waals surface area (Å²) in [5.74, 6) is -0.411. The predicted octanol–water partition coefficient (Wildman–Crippen LogP) is 3.08. The highest BCUT2D eigenvalue weighted by Gasteiger charge is 2.19. The lowest BCUT2D eigenvalue weighted by Gasteiger charge is -2.11. The number of nitrogens with zero attached hydrogens (tertiary/aromatic N) is 1. The minimum Gasteiger partial charge on any atom is -0.469 e. The van der Waals surface area contributed by atoms with E-state index in [2.05, 4.69) is 9.72 Å². The zero-order valence-corrected chi connectivity index (χ0v) is 11.8. The number of aromatic nitrogens is 1. The molecule has 1 heterocycles. The second kappa shape index (κ2) is 6.44. The maximum Gasteiger partial charge on any atom is 0.310 e. The van der Waals surface area contributed by atoms with Gasteiger partial charge < -0.3 is 4.74 Å². The number of pyridine rings is 1. The molecule has 0 atom stereocenters. The van der Waals surface area contributed by atoms with Crippen LogP contribution in [0, 0.1) is 3.57 Å². The fraction of sp³-hybridized carbons (Fsp3) is 0.400. The van der Waals surface area contributed by atoms with Gasteiger partial charge in [-0.3, -0.25) is 9.78 Å². The number of carbonyl (C=O) groups is 1. The van der Waals surface area contributed by atoms with Gasteiger partial charge in [-0.2, -0.15) is 0 Å². The van der Waals surface area contributed by atoms with Crippen LogP contribution in [0.3, 0.4) is 0 Å². The first-order valence-corrected chi connectivity index (χ1v) is 6.19. The highest BCUT2D eigenvalue weighted by molar-refractivity contribution is 14.1. The summed E-state index contributed by atoms with van der Waals surface area (Å²) < 4.78 is 30.0. The smallest absolute Gasteiger partial charge is 0.310 e. The molecule has 7 heteroatoms. The Bertz CT molecular complexity index is 429. The van der Waals surface area contributed by atoms with E-state index in [9.17, 15) is 13.6 Å². The minimum atomic E-state index is -2.66. The van der Waals surface area contributed by atoms with Gasteiger partial charge in [0.15, 0.2) is 0 Å². The molecule has 0 bridgehead atoms. The largest absolute Gasteiger partial charge is 0.469 e. The molecule has 0 aliphatic heterocycles. The van der Waals surface area contributed by atoms with Crippen molar-refractivity contribution in [1.29, 1.82) is 0 Å². The molecule has 0 unspecified atom stereocenters. The van der Waals surface area contributed by atoms with Crippen molar-refractivity contribution in [3.63, 3.8) is 0 Å². The molecule has 17 heavy (non-hydrogen) atoms. The van der Waals surface area contributed by atoms with Crippen molar-refractivity contribution in [3.05, 3.63) is 26.6 Å². The van der Waals surface area contributed by atoms with E-state index in [1.54, 1.807) is 22.6 Å². The van der Waals surface area contributed by atoms with Crippen LogP contribution in [0.5, 0.6) is 0 Å². The van der Waals surface area contributed by atoms with Crippen LogP contribution >= 0.6 is 34.2 Å². The van der Waals surface area contributed by atoms with Crippen LogP contribution in [0.15, 0.2) is 6.20 Å². The second-order valence-corrected chi connectivity index (χ2v) is 4.49. The molecule has 1 aromatic rings. The van der Waals surface area contributed by atoms with E-state index >= 15 is 0 Å². The van der Waals surface area contributed by atoms with Gasteiger partial charge in [0.25, 0.3) is 6.43 Å². The van der Waals surface area contributed by atoms with Crippen molar-refractivity contribution in [3.8, 4) is 0 Å². The van der Waals surface area contributed by atoms with Crippen LogP contribution in [-0.4, -0.2) is 18.1 Å². The van der Waals surface area contributed by atoms with Crippen LogP contribution in [-0.2, 0) is 21.8 Å². The standard InChI is InChI=1S/C10H9ClF2INO2/c1-17-7(16)2-5-4-15-9(10(12)13)8(14)6(5)3-11/h4,10H,2-3H2,1H3. The molecule has 0 aliphatic rings. The van der Waals surface area contributed by atoms with Crippen molar-refractivity contribution in [1.82, 2.24) is 4.98 Å². The van der Waals surface area contributed by atoms with Crippen molar-refractivity contribution in [2.24, 2.45) is 0 Å². The number of halogens is 4. The average molecular weight is 376 g/mol. The number of alkyl halides is 3. The van der Waals surface area contributed by atoms with Crippen molar-refractivity contribution in [2.45, 2.75) is 18.7 Å². The van der Waals surface area contributed by atoms with Gasteiger partial charge >= 0.3 is 5.97 Å². The molecule has 0 radical (unpaired) electrons.